The van der Waals surface area contributed by atoms with Crippen LogP contribution in [0, 0.1) is 5.82 Å². The molecule has 0 saturated carbocycles. The normalized spacial score (nSPS) is 11.5. The lowest BCUT2D eigenvalue weighted by Gasteiger charge is -2.02. The lowest BCUT2D eigenvalue weighted by atomic mass is 10.2. The van der Waals surface area contributed by atoms with Gasteiger partial charge in [-0.15, -0.1) is 0 Å². The van der Waals surface area contributed by atoms with Gasteiger partial charge in [0.25, 0.3) is 6.01 Å². The predicted octanol–water partition coefficient (Wildman–Crippen LogP) is 3.17. The predicted molar refractivity (Wildman–Crippen MR) is 46.1 cm³/mol. The van der Waals surface area contributed by atoms with Crippen LogP contribution in [-0.2, 0) is 11.3 Å². The van der Waals surface area contributed by atoms with Crippen molar-refractivity contribution in [3.8, 4) is 0 Å². The summed E-state index contributed by atoms with van der Waals surface area (Å²) in [6.45, 7) is 1.66. The molecule has 13 heavy (non-hydrogen) atoms. The van der Waals surface area contributed by atoms with Crippen molar-refractivity contribution in [2.24, 2.45) is 0 Å². The summed E-state index contributed by atoms with van der Waals surface area (Å²) in [5, 5.41) is 0. The molecular formula is C10H10F2O. The Balaban J connectivity index is 2.51. The Morgan fingerprint density at radius 2 is 2.00 bits per heavy atom. The van der Waals surface area contributed by atoms with Crippen molar-refractivity contribution in [2.45, 2.75) is 13.5 Å². The molecule has 0 aromatic heterocycles. The van der Waals surface area contributed by atoms with Crippen molar-refractivity contribution in [3.05, 3.63) is 47.7 Å². The maximum absolute atomic E-state index is 12.5. The van der Waals surface area contributed by atoms with Gasteiger partial charge in [-0.3, -0.25) is 0 Å². The number of halogens is 2. The van der Waals surface area contributed by atoms with Crippen LogP contribution < -0.4 is 0 Å². The molecule has 0 atom stereocenters. The van der Waals surface area contributed by atoms with Crippen LogP contribution in [0.5, 0.6) is 0 Å². The molecule has 0 radical (unpaired) electrons. The number of ether oxygens (including phenoxy) is 1. The maximum Gasteiger partial charge on any atom is 0.268 e. The van der Waals surface area contributed by atoms with E-state index in [0.29, 0.717) is 0 Å². The molecule has 0 aliphatic heterocycles. The van der Waals surface area contributed by atoms with Crippen molar-refractivity contribution < 1.29 is 13.5 Å². The van der Waals surface area contributed by atoms with Gasteiger partial charge in [-0.25, -0.2) is 4.39 Å². The number of benzene rings is 1. The van der Waals surface area contributed by atoms with E-state index >= 15 is 0 Å². The zero-order valence-electron chi connectivity index (χ0n) is 7.26. The molecule has 0 saturated heterocycles. The van der Waals surface area contributed by atoms with Crippen LogP contribution in [-0.4, -0.2) is 0 Å². The molecule has 0 amide bonds. The highest BCUT2D eigenvalue weighted by Crippen LogP contribution is 2.07. The molecule has 1 rings (SSSR count). The Morgan fingerprint density at radius 3 is 2.54 bits per heavy atom. The van der Waals surface area contributed by atoms with Crippen LogP contribution >= 0.6 is 0 Å². The van der Waals surface area contributed by atoms with Gasteiger partial charge in [0, 0.05) is 0 Å². The van der Waals surface area contributed by atoms with Crippen molar-refractivity contribution >= 4 is 0 Å². The zero-order valence-corrected chi connectivity index (χ0v) is 7.26. The molecule has 0 N–H and O–H groups in total. The molecule has 0 spiro atoms. The fourth-order valence-corrected chi connectivity index (χ4v) is 0.816. The second kappa shape index (κ2) is 4.60. The third-order valence-electron chi connectivity index (χ3n) is 1.52. The van der Waals surface area contributed by atoms with Crippen LogP contribution in [0.15, 0.2) is 36.4 Å². The van der Waals surface area contributed by atoms with E-state index in [1.807, 2.05) is 0 Å². The topological polar surface area (TPSA) is 9.23 Å². The molecule has 0 aliphatic rings. The first-order valence-corrected chi connectivity index (χ1v) is 3.91. The summed E-state index contributed by atoms with van der Waals surface area (Å²) in [4.78, 5) is 0. The van der Waals surface area contributed by atoms with Crippen molar-refractivity contribution in [1.82, 2.24) is 0 Å². The van der Waals surface area contributed by atoms with E-state index in [2.05, 4.69) is 4.74 Å². The summed E-state index contributed by atoms with van der Waals surface area (Å²) >= 11 is 0. The lowest BCUT2D eigenvalue weighted by molar-refractivity contribution is 0.132. The smallest absolute Gasteiger partial charge is 0.268 e. The zero-order chi connectivity index (χ0) is 9.68. The van der Waals surface area contributed by atoms with Gasteiger partial charge in [0.1, 0.15) is 12.4 Å². The molecule has 0 heterocycles. The Kier molecular flexibility index (Phi) is 3.43. The quantitative estimate of drug-likeness (QED) is 0.655. The summed E-state index contributed by atoms with van der Waals surface area (Å²) in [5.74, 6) is -0.310. The number of rotatable bonds is 3. The van der Waals surface area contributed by atoms with E-state index in [1.165, 1.54) is 18.2 Å². The van der Waals surface area contributed by atoms with Crippen molar-refractivity contribution in [1.29, 1.82) is 0 Å². The van der Waals surface area contributed by atoms with E-state index < -0.39 is 6.01 Å². The van der Waals surface area contributed by atoms with Crippen molar-refractivity contribution in [2.75, 3.05) is 0 Å². The second-order valence-corrected chi connectivity index (χ2v) is 2.51. The molecule has 1 nitrogen and oxygen atoms in total. The third kappa shape index (κ3) is 3.23. The van der Waals surface area contributed by atoms with E-state index in [-0.39, 0.29) is 12.4 Å². The maximum atomic E-state index is 12.5. The summed E-state index contributed by atoms with van der Waals surface area (Å²) in [6, 6.07) is 5.11. The van der Waals surface area contributed by atoms with Crippen LogP contribution in [0.1, 0.15) is 12.5 Å². The van der Waals surface area contributed by atoms with E-state index in [4.69, 9.17) is 0 Å². The fraction of sp³-hybridized carbons (Fsp3) is 0.200. The van der Waals surface area contributed by atoms with Gasteiger partial charge in [-0.1, -0.05) is 12.1 Å². The highest BCUT2D eigenvalue weighted by atomic mass is 19.1. The first-order chi connectivity index (χ1) is 6.22. The highest BCUT2D eigenvalue weighted by Gasteiger charge is 1.96. The lowest BCUT2D eigenvalue weighted by Crippen LogP contribution is -1.89. The van der Waals surface area contributed by atoms with Gasteiger partial charge < -0.3 is 4.74 Å². The Bertz CT molecular complexity index is 290. The van der Waals surface area contributed by atoms with Crippen LogP contribution in [0.25, 0.3) is 0 Å². The fourth-order valence-electron chi connectivity index (χ4n) is 0.816. The second-order valence-electron chi connectivity index (χ2n) is 2.51. The first-order valence-electron chi connectivity index (χ1n) is 3.91. The minimum Gasteiger partial charge on any atom is -0.466 e. The van der Waals surface area contributed by atoms with Gasteiger partial charge >= 0.3 is 0 Å². The van der Waals surface area contributed by atoms with Crippen molar-refractivity contribution in [3.63, 3.8) is 0 Å². The average molecular weight is 184 g/mol. The molecule has 0 aliphatic carbocycles. The Hall–Kier alpha value is -1.38. The molecule has 1 aromatic carbocycles. The van der Waals surface area contributed by atoms with Crippen LogP contribution in [0.2, 0.25) is 0 Å². The molecule has 0 bridgehead atoms. The summed E-state index contributed by atoms with van der Waals surface area (Å²) in [7, 11) is 0. The van der Waals surface area contributed by atoms with Crippen LogP contribution in [0.3, 0.4) is 0 Å². The monoisotopic (exact) mass is 184 g/mol. The standard InChI is InChI=1S/C10H10F2O/c1-2-10(12)13-7-8-3-5-9(11)6-4-8/h2-6H,7H2,1H3/b10-2-. The highest BCUT2D eigenvalue weighted by molar-refractivity contribution is 5.15. The SMILES string of the molecule is C/C=C(/F)OCc1ccc(F)cc1. The minimum absolute atomic E-state index is 0.121. The molecule has 0 fully saturated rings. The minimum atomic E-state index is -0.621. The van der Waals surface area contributed by atoms with E-state index in [9.17, 15) is 8.78 Å². The third-order valence-corrected chi connectivity index (χ3v) is 1.52. The number of hydrogen-bond donors (Lipinski definition) is 0. The van der Waals surface area contributed by atoms with Crippen LogP contribution in [0.4, 0.5) is 8.78 Å². The van der Waals surface area contributed by atoms with Gasteiger partial charge in [-0.2, -0.15) is 4.39 Å². The van der Waals surface area contributed by atoms with Gasteiger partial charge in [0.2, 0.25) is 0 Å². The molecule has 70 valence electrons. The summed E-state index contributed by atoms with van der Waals surface area (Å²) in [5.41, 5.74) is 0.735. The first kappa shape index (κ1) is 9.71. The van der Waals surface area contributed by atoms with Gasteiger partial charge in [0.05, 0.1) is 0 Å². The Labute approximate surface area is 75.6 Å². The largest absolute Gasteiger partial charge is 0.466 e. The summed E-state index contributed by atoms with van der Waals surface area (Å²) < 4.78 is 29.6. The average Bonchev–Trinajstić information content (AvgIpc) is 2.16. The van der Waals surface area contributed by atoms with Gasteiger partial charge in [0.15, 0.2) is 0 Å². The molecule has 0 unspecified atom stereocenters. The Morgan fingerprint density at radius 1 is 1.38 bits per heavy atom. The summed E-state index contributed by atoms with van der Waals surface area (Å²) in [6.07, 6.45) is 1.23. The van der Waals surface area contributed by atoms with E-state index in [0.717, 1.165) is 5.56 Å². The molecular weight excluding hydrogens is 174 g/mol. The molecule has 3 heteroatoms. The molecule has 1 aromatic rings. The van der Waals surface area contributed by atoms with Gasteiger partial charge in [-0.05, 0) is 30.7 Å². The number of allylic oxidation sites excluding steroid dienone is 1. The van der Waals surface area contributed by atoms with E-state index in [1.54, 1.807) is 19.1 Å². The number of hydrogen-bond acceptors (Lipinski definition) is 1.